The van der Waals surface area contributed by atoms with Gasteiger partial charge in [-0.25, -0.2) is 0 Å². The summed E-state index contributed by atoms with van der Waals surface area (Å²) in [5.74, 6) is 0.379. The van der Waals surface area contributed by atoms with Crippen molar-refractivity contribution in [2.75, 3.05) is 13.1 Å². The van der Waals surface area contributed by atoms with Crippen molar-refractivity contribution in [2.45, 2.75) is 38.5 Å². The molecule has 0 saturated carbocycles. The summed E-state index contributed by atoms with van der Waals surface area (Å²) >= 11 is 0. The Kier molecular flexibility index (Phi) is 4.26. The van der Waals surface area contributed by atoms with Crippen molar-refractivity contribution in [1.29, 1.82) is 0 Å². The van der Waals surface area contributed by atoms with E-state index in [1.165, 1.54) is 5.56 Å². The lowest BCUT2D eigenvalue weighted by Gasteiger charge is -2.23. The Labute approximate surface area is 103 Å². The van der Waals surface area contributed by atoms with E-state index < -0.39 is 0 Å². The van der Waals surface area contributed by atoms with Crippen LogP contribution in [0.1, 0.15) is 43.4 Å². The number of nitrogens with zero attached hydrogens (tertiary/aromatic N) is 1. The molecule has 0 fully saturated rings. The second kappa shape index (κ2) is 5.92. The van der Waals surface area contributed by atoms with Gasteiger partial charge < -0.3 is 5.32 Å². The van der Waals surface area contributed by atoms with E-state index in [-0.39, 0.29) is 5.92 Å². The molecular weight excluding hydrogens is 212 g/mol. The summed E-state index contributed by atoms with van der Waals surface area (Å²) in [5, 5.41) is 3.20. The number of aromatic nitrogens is 1. The first-order chi connectivity index (χ1) is 8.33. The summed E-state index contributed by atoms with van der Waals surface area (Å²) in [7, 11) is 0. The number of aryl methyl sites for hydroxylation is 1. The summed E-state index contributed by atoms with van der Waals surface area (Å²) in [6.45, 7) is 3.77. The van der Waals surface area contributed by atoms with Crippen LogP contribution in [0.15, 0.2) is 18.3 Å². The molecule has 1 heterocycles. The molecule has 0 spiro atoms. The monoisotopic (exact) mass is 232 g/mol. The zero-order chi connectivity index (χ0) is 12.1. The summed E-state index contributed by atoms with van der Waals surface area (Å²) in [5.41, 5.74) is 2.29. The average Bonchev–Trinajstić information content (AvgIpc) is 2.38. The summed E-state index contributed by atoms with van der Waals surface area (Å²) in [6, 6.07) is 4.07. The fraction of sp³-hybridized carbons (Fsp3) is 0.571. The maximum absolute atomic E-state index is 12.2. The molecular formula is C14H20N2O. The minimum absolute atomic E-state index is 0.0404. The number of carbonyl (C=O) groups excluding carboxylic acids is 1. The van der Waals surface area contributed by atoms with Crippen LogP contribution in [0.5, 0.6) is 0 Å². The van der Waals surface area contributed by atoms with Crippen LogP contribution in [0.3, 0.4) is 0 Å². The van der Waals surface area contributed by atoms with Crippen LogP contribution in [0.25, 0.3) is 0 Å². The fourth-order valence-corrected chi connectivity index (χ4v) is 2.49. The second-order valence-corrected chi connectivity index (χ2v) is 4.56. The van der Waals surface area contributed by atoms with E-state index in [9.17, 15) is 4.79 Å². The Morgan fingerprint density at radius 3 is 3.29 bits per heavy atom. The molecule has 1 atom stereocenters. The minimum atomic E-state index is 0.0404. The quantitative estimate of drug-likeness (QED) is 0.790. The molecule has 0 aromatic carbocycles. The molecule has 1 aliphatic carbocycles. The molecule has 17 heavy (non-hydrogen) atoms. The van der Waals surface area contributed by atoms with Gasteiger partial charge in [-0.3, -0.25) is 9.78 Å². The highest BCUT2D eigenvalue weighted by atomic mass is 16.1. The zero-order valence-corrected chi connectivity index (χ0v) is 10.4. The van der Waals surface area contributed by atoms with Gasteiger partial charge in [0.25, 0.3) is 0 Å². The van der Waals surface area contributed by atoms with E-state index in [0.29, 0.717) is 12.2 Å². The van der Waals surface area contributed by atoms with Gasteiger partial charge in [0.1, 0.15) is 5.78 Å². The lowest BCUT2D eigenvalue weighted by molar-refractivity contribution is -0.120. The molecule has 1 aromatic rings. The van der Waals surface area contributed by atoms with Crippen molar-refractivity contribution in [3.63, 3.8) is 0 Å². The summed E-state index contributed by atoms with van der Waals surface area (Å²) in [4.78, 5) is 16.6. The molecule has 1 aromatic heterocycles. The molecule has 1 aliphatic rings. The van der Waals surface area contributed by atoms with Crippen LogP contribution in [-0.2, 0) is 11.2 Å². The number of pyridine rings is 1. The van der Waals surface area contributed by atoms with Gasteiger partial charge in [0.15, 0.2) is 0 Å². The van der Waals surface area contributed by atoms with E-state index in [0.717, 1.165) is 38.0 Å². The van der Waals surface area contributed by atoms with E-state index in [1.54, 1.807) is 6.20 Å². The van der Waals surface area contributed by atoms with Crippen molar-refractivity contribution in [3.05, 3.63) is 29.6 Å². The number of fused-ring (bicyclic) bond motifs is 1. The van der Waals surface area contributed by atoms with Gasteiger partial charge in [-0.05, 0) is 37.4 Å². The molecule has 2 rings (SSSR count). The molecule has 0 aliphatic heterocycles. The molecule has 0 bridgehead atoms. The number of Topliss-reactive ketones (excluding diaryl/α,β-unsaturated/α-hetero) is 1. The predicted octanol–water partition coefficient (Wildman–Crippen LogP) is 2.07. The standard InChI is InChI=1S/C14H20N2O/c1-2-15-10-8-13(17)12-7-3-5-11-6-4-9-16-14(11)12/h4,6,9,12,15H,2-3,5,7-8,10H2,1H3. The maximum atomic E-state index is 12.2. The van der Waals surface area contributed by atoms with Gasteiger partial charge in [-0.2, -0.15) is 0 Å². The first kappa shape index (κ1) is 12.2. The van der Waals surface area contributed by atoms with Gasteiger partial charge >= 0.3 is 0 Å². The number of carbonyl (C=O) groups is 1. The van der Waals surface area contributed by atoms with Gasteiger partial charge in [-0.15, -0.1) is 0 Å². The molecule has 0 radical (unpaired) electrons. The van der Waals surface area contributed by atoms with Crippen molar-refractivity contribution >= 4 is 5.78 Å². The number of hydrogen-bond acceptors (Lipinski definition) is 3. The maximum Gasteiger partial charge on any atom is 0.143 e. The van der Waals surface area contributed by atoms with Crippen LogP contribution in [0, 0.1) is 0 Å². The lowest BCUT2D eigenvalue weighted by Crippen LogP contribution is -2.24. The smallest absolute Gasteiger partial charge is 0.143 e. The van der Waals surface area contributed by atoms with Crippen LogP contribution in [0.2, 0.25) is 0 Å². The highest BCUT2D eigenvalue weighted by Crippen LogP contribution is 2.30. The third kappa shape index (κ3) is 2.91. The second-order valence-electron chi connectivity index (χ2n) is 4.56. The van der Waals surface area contributed by atoms with Crippen LogP contribution in [0.4, 0.5) is 0 Å². The largest absolute Gasteiger partial charge is 0.317 e. The van der Waals surface area contributed by atoms with Gasteiger partial charge in [-0.1, -0.05) is 13.0 Å². The Bertz CT molecular complexity index is 390. The lowest BCUT2D eigenvalue weighted by atomic mass is 9.83. The van der Waals surface area contributed by atoms with Gasteiger partial charge in [0.2, 0.25) is 0 Å². The Balaban J connectivity index is 2.05. The summed E-state index contributed by atoms with van der Waals surface area (Å²) < 4.78 is 0. The number of hydrogen-bond donors (Lipinski definition) is 1. The molecule has 92 valence electrons. The van der Waals surface area contributed by atoms with Gasteiger partial charge in [0.05, 0.1) is 11.6 Å². The van der Waals surface area contributed by atoms with E-state index >= 15 is 0 Å². The van der Waals surface area contributed by atoms with E-state index in [2.05, 4.69) is 23.3 Å². The first-order valence-corrected chi connectivity index (χ1v) is 6.50. The van der Waals surface area contributed by atoms with Crippen LogP contribution >= 0.6 is 0 Å². The molecule has 3 nitrogen and oxygen atoms in total. The number of nitrogens with one attached hydrogen (secondary N) is 1. The first-order valence-electron chi connectivity index (χ1n) is 6.50. The van der Waals surface area contributed by atoms with E-state index in [1.807, 2.05) is 6.07 Å². The highest BCUT2D eigenvalue weighted by molar-refractivity contribution is 5.86. The Morgan fingerprint density at radius 2 is 2.47 bits per heavy atom. The molecule has 1 N–H and O–H groups in total. The fourth-order valence-electron chi connectivity index (χ4n) is 2.49. The van der Waals surface area contributed by atoms with Crippen molar-refractivity contribution in [1.82, 2.24) is 10.3 Å². The van der Waals surface area contributed by atoms with Crippen molar-refractivity contribution < 1.29 is 4.79 Å². The minimum Gasteiger partial charge on any atom is -0.317 e. The SMILES string of the molecule is CCNCCC(=O)C1CCCc2cccnc21. The van der Waals surface area contributed by atoms with Crippen LogP contribution in [-0.4, -0.2) is 23.9 Å². The van der Waals surface area contributed by atoms with Crippen LogP contribution < -0.4 is 5.32 Å². The molecule has 3 heteroatoms. The third-order valence-corrected chi connectivity index (χ3v) is 3.38. The topological polar surface area (TPSA) is 42.0 Å². The number of ketones is 1. The van der Waals surface area contributed by atoms with Crippen molar-refractivity contribution in [3.8, 4) is 0 Å². The molecule has 0 saturated heterocycles. The number of rotatable bonds is 5. The normalized spacial score (nSPS) is 18.8. The Hall–Kier alpha value is -1.22. The Morgan fingerprint density at radius 1 is 1.59 bits per heavy atom. The van der Waals surface area contributed by atoms with Gasteiger partial charge in [0, 0.05) is 19.2 Å². The summed E-state index contributed by atoms with van der Waals surface area (Å²) in [6.07, 6.45) is 5.56. The van der Waals surface area contributed by atoms with E-state index in [4.69, 9.17) is 0 Å². The highest BCUT2D eigenvalue weighted by Gasteiger charge is 2.26. The predicted molar refractivity (Wildman–Crippen MR) is 68.1 cm³/mol. The average molecular weight is 232 g/mol. The molecule has 1 unspecified atom stereocenters. The zero-order valence-electron chi connectivity index (χ0n) is 10.4. The molecule has 0 amide bonds. The third-order valence-electron chi connectivity index (χ3n) is 3.38. The van der Waals surface area contributed by atoms with Crippen molar-refractivity contribution in [2.24, 2.45) is 0 Å².